The normalized spacial score (nSPS) is 11.3. The van der Waals surface area contributed by atoms with Crippen LogP contribution in [-0.4, -0.2) is 26.7 Å². The van der Waals surface area contributed by atoms with Gasteiger partial charge in [0.15, 0.2) is 0 Å². The van der Waals surface area contributed by atoms with Gasteiger partial charge in [0.1, 0.15) is 0 Å². The van der Waals surface area contributed by atoms with Crippen molar-refractivity contribution in [2.75, 3.05) is 12.4 Å². The average Bonchev–Trinajstić information content (AvgIpc) is 2.09. The Morgan fingerprint density at radius 2 is 1.80 bits per heavy atom. The summed E-state index contributed by atoms with van der Waals surface area (Å²) in [6, 6.07) is 0. The molecule has 0 N–H and O–H groups in total. The molecule has 0 aliphatic rings. The van der Waals surface area contributed by atoms with Crippen molar-refractivity contribution in [1.82, 2.24) is 0 Å². The van der Waals surface area contributed by atoms with Gasteiger partial charge in [-0.3, -0.25) is 4.79 Å². The van der Waals surface area contributed by atoms with Gasteiger partial charge in [-0.1, -0.05) is 12.8 Å². The van der Waals surface area contributed by atoms with Crippen molar-refractivity contribution < 1.29 is 17.9 Å². The number of hydrogen-bond acceptors (Lipinski definition) is 4. The summed E-state index contributed by atoms with van der Waals surface area (Å²) in [5.41, 5.74) is 0. The maximum Gasteiger partial charge on any atom is 0.305 e. The van der Waals surface area contributed by atoms with E-state index in [4.69, 9.17) is 15.4 Å². The van der Waals surface area contributed by atoms with Crippen molar-refractivity contribution in [2.45, 2.75) is 39.0 Å². The zero-order chi connectivity index (χ0) is 11.7. The Morgan fingerprint density at radius 1 is 1.20 bits per heavy atom. The molecule has 0 bridgehead atoms. The van der Waals surface area contributed by atoms with Gasteiger partial charge in [0.25, 0.3) is 0 Å². The monoisotopic (exact) mass is 256 g/mol. The zero-order valence-electron chi connectivity index (χ0n) is 8.87. The summed E-state index contributed by atoms with van der Waals surface area (Å²) >= 11 is 0. The second-order valence-corrected chi connectivity index (χ2v) is 6.11. The fourth-order valence-electron chi connectivity index (χ4n) is 1.13. The molecule has 0 aromatic rings. The lowest BCUT2D eigenvalue weighted by atomic mass is 10.1. The molecule has 0 aromatic carbocycles. The maximum atomic E-state index is 10.9. The largest absolute Gasteiger partial charge is 0.466 e. The Labute approximate surface area is 95.4 Å². The van der Waals surface area contributed by atoms with Crippen molar-refractivity contribution in [3.05, 3.63) is 0 Å². The van der Waals surface area contributed by atoms with Gasteiger partial charge >= 0.3 is 5.97 Å². The highest BCUT2D eigenvalue weighted by atomic mass is 35.7. The number of unbranched alkanes of at least 4 members (excludes halogenated alkanes) is 3. The van der Waals surface area contributed by atoms with E-state index in [-0.39, 0.29) is 11.7 Å². The molecule has 0 unspecified atom stereocenters. The molecule has 0 aliphatic heterocycles. The van der Waals surface area contributed by atoms with Crippen molar-refractivity contribution in [1.29, 1.82) is 0 Å². The molecule has 0 radical (unpaired) electrons. The molecule has 15 heavy (non-hydrogen) atoms. The first-order chi connectivity index (χ1) is 6.95. The molecule has 0 heterocycles. The number of ether oxygens (including phenoxy) is 1. The van der Waals surface area contributed by atoms with Crippen molar-refractivity contribution in [2.24, 2.45) is 0 Å². The minimum absolute atomic E-state index is 0.00790. The average molecular weight is 257 g/mol. The van der Waals surface area contributed by atoms with Gasteiger partial charge in [-0.05, 0) is 19.8 Å². The Morgan fingerprint density at radius 3 is 2.33 bits per heavy atom. The second kappa shape index (κ2) is 7.93. The smallest absolute Gasteiger partial charge is 0.305 e. The van der Waals surface area contributed by atoms with Gasteiger partial charge in [-0.15, -0.1) is 0 Å². The van der Waals surface area contributed by atoms with E-state index < -0.39 is 9.05 Å². The fourth-order valence-corrected chi connectivity index (χ4v) is 2.01. The van der Waals surface area contributed by atoms with Crippen molar-refractivity contribution in [3.63, 3.8) is 0 Å². The van der Waals surface area contributed by atoms with E-state index in [1.54, 1.807) is 6.92 Å². The number of carbonyl (C=O) groups is 1. The van der Waals surface area contributed by atoms with Crippen LogP contribution in [0.1, 0.15) is 39.0 Å². The number of rotatable bonds is 8. The van der Waals surface area contributed by atoms with Crippen LogP contribution in [0.4, 0.5) is 0 Å². The minimum atomic E-state index is -3.36. The third kappa shape index (κ3) is 11.6. The zero-order valence-corrected chi connectivity index (χ0v) is 10.4. The summed E-state index contributed by atoms with van der Waals surface area (Å²) in [5, 5.41) is 0. The quantitative estimate of drug-likeness (QED) is 0.379. The minimum Gasteiger partial charge on any atom is -0.466 e. The molecule has 90 valence electrons. The van der Waals surface area contributed by atoms with E-state index in [1.165, 1.54) is 0 Å². The van der Waals surface area contributed by atoms with E-state index >= 15 is 0 Å². The van der Waals surface area contributed by atoms with Gasteiger partial charge in [-0.2, -0.15) is 0 Å². The van der Waals surface area contributed by atoms with Crippen molar-refractivity contribution in [3.8, 4) is 0 Å². The van der Waals surface area contributed by atoms with Crippen LogP contribution in [0.25, 0.3) is 0 Å². The lowest BCUT2D eigenvalue weighted by Gasteiger charge is -2.01. The van der Waals surface area contributed by atoms with Crippen LogP contribution >= 0.6 is 10.7 Å². The Hall–Kier alpha value is -0.290. The Kier molecular flexibility index (Phi) is 7.78. The van der Waals surface area contributed by atoms with Crippen LogP contribution in [0.2, 0.25) is 0 Å². The van der Waals surface area contributed by atoms with Gasteiger partial charge in [0.05, 0.1) is 12.4 Å². The Balaban J connectivity index is 3.29. The number of halogens is 1. The van der Waals surface area contributed by atoms with Crippen LogP contribution in [0.3, 0.4) is 0 Å². The number of carbonyl (C=O) groups excluding carboxylic acids is 1. The van der Waals surface area contributed by atoms with Crippen LogP contribution in [0.15, 0.2) is 0 Å². The molecular formula is C9H17ClO4S. The highest BCUT2D eigenvalue weighted by molar-refractivity contribution is 8.13. The van der Waals surface area contributed by atoms with E-state index in [9.17, 15) is 13.2 Å². The lowest BCUT2D eigenvalue weighted by molar-refractivity contribution is -0.143. The highest BCUT2D eigenvalue weighted by Gasteiger charge is 2.04. The SMILES string of the molecule is CCOC(=O)CCCCCCS(=O)(=O)Cl. The first-order valence-electron chi connectivity index (χ1n) is 5.03. The molecule has 0 fully saturated rings. The summed E-state index contributed by atoms with van der Waals surface area (Å²) in [7, 11) is 1.68. The summed E-state index contributed by atoms with van der Waals surface area (Å²) < 4.78 is 25.8. The van der Waals surface area contributed by atoms with E-state index in [1.807, 2.05) is 0 Å². The first-order valence-corrected chi connectivity index (χ1v) is 7.51. The third-order valence-electron chi connectivity index (χ3n) is 1.82. The second-order valence-electron chi connectivity index (χ2n) is 3.21. The summed E-state index contributed by atoms with van der Waals surface area (Å²) in [6.07, 6.45) is 3.29. The third-order valence-corrected chi connectivity index (χ3v) is 3.06. The van der Waals surface area contributed by atoms with Crippen molar-refractivity contribution >= 4 is 25.7 Å². The standard InChI is InChI=1S/C9H17ClO4S/c1-2-14-9(11)7-5-3-4-6-8-15(10,12)13/h2-8H2,1H3. The van der Waals surface area contributed by atoms with Crippen LogP contribution in [-0.2, 0) is 18.6 Å². The molecule has 0 amide bonds. The number of esters is 1. The predicted octanol–water partition coefficient (Wildman–Crippen LogP) is 2.07. The first kappa shape index (κ1) is 14.7. The van der Waals surface area contributed by atoms with Gasteiger partial charge in [-0.25, -0.2) is 8.42 Å². The Bertz CT molecular complexity index is 274. The van der Waals surface area contributed by atoms with E-state index in [0.29, 0.717) is 19.4 Å². The van der Waals surface area contributed by atoms with E-state index in [2.05, 4.69) is 0 Å². The van der Waals surface area contributed by atoms with Gasteiger partial charge in [0.2, 0.25) is 9.05 Å². The van der Waals surface area contributed by atoms with Gasteiger partial charge in [0, 0.05) is 17.1 Å². The molecule has 4 nitrogen and oxygen atoms in total. The maximum absolute atomic E-state index is 10.9. The fraction of sp³-hybridized carbons (Fsp3) is 0.889. The molecule has 0 aromatic heterocycles. The number of hydrogen-bond donors (Lipinski definition) is 0. The summed E-state index contributed by atoms with van der Waals surface area (Å²) in [6.45, 7) is 2.17. The molecule has 0 saturated heterocycles. The van der Waals surface area contributed by atoms with Crippen LogP contribution in [0, 0.1) is 0 Å². The molecular weight excluding hydrogens is 240 g/mol. The van der Waals surface area contributed by atoms with Crippen LogP contribution < -0.4 is 0 Å². The topological polar surface area (TPSA) is 60.4 Å². The molecule has 0 atom stereocenters. The summed E-state index contributed by atoms with van der Waals surface area (Å²) in [5.74, 6) is -0.184. The predicted molar refractivity (Wildman–Crippen MR) is 59.4 cm³/mol. The highest BCUT2D eigenvalue weighted by Crippen LogP contribution is 2.07. The molecule has 0 rings (SSSR count). The molecule has 0 saturated carbocycles. The van der Waals surface area contributed by atoms with E-state index in [0.717, 1.165) is 19.3 Å². The van der Waals surface area contributed by atoms with Gasteiger partial charge < -0.3 is 4.74 Å². The molecule has 6 heteroatoms. The van der Waals surface area contributed by atoms with Crippen LogP contribution in [0.5, 0.6) is 0 Å². The molecule has 0 aliphatic carbocycles. The lowest BCUT2D eigenvalue weighted by Crippen LogP contribution is -2.03. The molecule has 0 spiro atoms. The summed E-state index contributed by atoms with van der Waals surface area (Å²) in [4.78, 5) is 10.9.